The molecule has 10 atom stereocenters. The van der Waals surface area contributed by atoms with Crippen molar-refractivity contribution in [2.45, 2.75) is 70.0 Å². The van der Waals surface area contributed by atoms with Crippen molar-refractivity contribution >= 4 is 27.0 Å². The minimum atomic E-state index is -1.63. The van der Waals surface area contributed by atoms with E-state index in [9.17, 15) is 19.5 Å². The van der Waals surface area contributed by atoms with E-state index < -0.39 is 51.7 Å². The van der Waals surface area contributed by atoms with E-state index in [-0.39, 0.29) is 37.1 Å². The zero-order valence-electron chi connectivity index (χ0n) is 20.2. The van der Waals surface area contributed by atoms with Crippen LogP contribution in [0.25, 0.3) is 0 Å². The maximum Gasteiger partial charge on any atom is 0.351 e. The molecule has 0 radical (unpaired) electrons. The standard InChI is InChI=1S/C26H34FO6P/c1-6-21(30)33-25(22(31)32-7-2)14(3)10-16-17-12-19(27)18-11-15(28)8-9-23(18,4)26(17,34)20(29)13-24(16,25)5/h6,8-9,11,14,16-17,19-20,29H,1,7,10,12-13,34H2,2-5H3/t14-,16?,17?,19+,20+,23+,24+,25+,26+/m1/s1. The number of allylic oxidation sites excluding steroid dienone is 4. The highest BCUT2D eigenvalue weighted by Gasteiger charge is 2.77. The van der Waals surface area contributed by atoms with E-state index in [4.69, 9.17) is 9.47 Å². The van der Waals surface area contributed by atoms with Crippen LogP contribution in [0.2, 0.25) is 0 Å². The maximum atomic E-state index is 15.7. The Hall–Kier alpha value is -1.85. The number of esters is 2. The normalized spacial score (nSPS) is 47.1. The summed E-state index contributed by atoms with van der Waals surface area (Å²) in [4.78, 5) is 38.0. The molecule has 8 heteroatoms. The van der Waals surface area contributed by atoms with Gasteiger partial charge in [0.25, 0.3) is 0 Å². The van der Waals surface area contributed by atoms with E-state index >= 15 is 4.39 Å². The summed E-state index contributed by atoms with van der Waals surface area (Å²) >= 11 is 0. The molecular weight excluding hydrogens is 458 g/mol. The summed E-state index contributed by atoms with van der Waals surface area (Å²) in [5.41, 5.74) is -3.14. The van der Waals surface area contributed by atoms with Crippen LogP contribution in [0.4, 0.5) is 4.39 Å². The van der Waals surface area contributed by atoms with E-state index in [2.05, 4.69) is 15.8 Å². The largest absolute Gasteiger partial charge is 0.463 e. The predicted molar refractivity (Wildman–Crippen MR) is 127 cm³/mol. The van der Waals surface area contributed by atoms with Crippen molar-refractivity contribution in [1.82, 2.24) is 0 Å². The van der Waals surface area contributed by atoms with Gasteiger partial charge in [0.05, 0.1) is 12.7 Å². The number of fused-ring (bicyclic) bond motifs is 5. The number of ketones is 1. The molecule has 6 nitrogen and oxygen atoms in total. The number of ether oxygens (including phenoxy) is 2. The summed E-state index contributed by atoms with van der Waals surface area (Å²) in [5, 5.41) is 10.9. The number of hydrogen-bond donors (Lipinski definition) is 1. The van der Waals surface area contributed by atoms with Crippen molar-refractivity contribution in [3.8, 4) is 0 Å². The summed E-state index contributed by atoms with van der Waals surface area (Å²) in [6.07, 6.45) is 3.94. The van der Waals surface area contributed by atoms with Gasteiger partial charge in [0.2, 0.25) is 5.60 Å². The molecule has 34 heavy (non-hydrogen) atoms. The van der Waals surface area contributed by atoms with Crippen LogP contribution in [-0.2, 0) is 23.9 Å². The van der Waals surface area contributed by atoms with Crippen molar-refractivity contribution in [3.63, 3.8) is 0 Å². The van der Waals surface area contributed by atoms with Crippen molar-refractivity contribution in [2.24, 2.45) is 28.6 Å². The van der Waals surface area contributed by atoms with Crippen LogP contribution in [-0.4, -0.2) is 52.5 Å². The van der Waals surface area contributed by atoms with Crippen molar-refractivity contribution in [2.75, 3.05) is 6.61 Å². The summed E-state index contributed by atoms with van der Waals surface area (Å²) in [6.45, 7) is 10.8. The minimum Gasteiger partial charge on any atom is -0.463 e. The van der Waals surface area contributed by atoms with Crippen molar-refractivity contribution in [3.05, 3.63) is 36.5 Å². The Morgan fingerprint density at radius 1 is 1.32 bits per heavy atom. The Morgan fingerprint density at radius 2 is 2.00 bits per heavy atom. The third-order valence-corrected chi connectivity index (χ3v) is 10.8. The lowest BCUT2D eigenvalue weighted by Crippen LogP contribution is -2.70. The number of carbonyl (C=O) groups is 3. The van der Waals surface area contributed by atoms with Gasteiger partial charge in [-0.3, -0.25) is 4.79 Å². The summed E-state index contributed by atoms with van der Waals surface area (Å²) in [7, 11) is 2.81. The number of alkyl halides is 1. The predicted octanol–water partition coefficient (Wildman–Crippen LogP) is 3.49. The van der Waals surface area contributed by atoms with Gasteiger partial charge < -0.3 is 14.6 Å². The average molecular weight is 493 g/mol. The van der Waals surface area contributed by atoms with E-state index in [0.717, 1.165) is 6.08 Å². The molecular formula is C26H34FO6P. The van der Waals surface area contributed by atoms with Crippen molar-refractivity contribution in [1.29, 1.82) is 0 Å². The highest BCUT2D eigenvalue weighted by molar-refractivity contribution is 7.19. The zero-order valence-corrected chi connectivity index (χ0v) is 21.3. The number of aliphatic hydroxyl groups is 1. The summed E-state index contributed by atoms with van der Waals surface area (Å²) in [6, 6.07) is 0. The number of aliphatic hydroxyl groups excluding tert-OH is 1. The van der Waals surface area contributed by atoms with Crippen LogP contribution in [0.5, 0.6) is 0 Å². The molecule has 0 aromatic rings. The molecule has 3 unspecified atom stereocenters. The first-order valence-electron chi connectivity index (χ1n) is 11.9. The van der Waals surface area contributed by atoms with Gasteiger partial charge in [-0.25, -0.2) is 14.0 Å². The number of rotatable bonds is 4. The Morgan fingerprint density at radius 3 is 2.62 bits per heavy atom. The van der Waals surface area contributed by atoms with E-state index in [1.807, 2.05) is 20.8 Å². The van der Waals surface area contributed by atoms with Crippen LogP contribution in [0.15, 0.2) is 36.5 Å². The van der Waals surface area contributed by atoms with Gasteiger partial charge in [0.15, 0.2) is 5.78 Å². The average Bonchev–Trinajstić information content (AvgIpc) is 2.99. The van der Waals surface area contributed by atoms with Crippen LogP contribution in [0, 0.1) is 28.6 Å². The molecule has 186 valence electrons. The maximum absolute atomic E-state index is 15.7. The van der Waals surface area contributed by atoms with E-state index in [0.29, 0.717) is 12.0 Å². The Labute approximate surface area is 202 Å². The Balaban J connectivity index is 1.88. The first-order chi connectivity index (χ1) is 15.8. The Bertz CT molecular complexity index is 1010. The molecule has 0 saturated heterocycles. The van der Waals surface area contributed by atoms with Crippen LogP contribution >= 0.6 is 9.24 Å². The lowest BCUT2D eigenvalue weighted by Gasteiger charge is -2.65. The SMILES string of the molecule is C=CC(=O)O[C@]1(C(=O)OCC)[C@H](C)CC2C3C[C@H](F)C4=CC(=O)C=C[C@]4(C)[C@@]3(P)[C@@H](O)C[C@@]21C. The first-order valence-corrected chi connectivity index (χ1v) is 12.5. The number of carbonyl (C=O) groups excluding carboxylic acids is 3. The lowest BCUT2D eigenvalue weighted by molar-refractivity contribution is -0.214. The van der Waals surface area contributed by atoms with Gasteiger partial charge >= 0.3 is 11.9 Å². The van der Waals surface area contributed by atoms with Crippen LogP contribution < -0.4 is 0 Å². The summed E-state index contributed by atoms with van der Waals surface area (Å²) in [5.74, 6) is -2.66. The third kappa shape index (κ3) is 2.95. The second kappa shape index (κ2) is 8.09. The molecule has 0 bridgehead atoms. The summed E-state index contributed by atoms with van der Waals surface area (Å²) < 4.78 is 27.0. The highest BCUT2D eigenvalue weighted by atomic mass is 31.0. The van der Waals surface area contributed by atoms with Crippen molar-refractivity contribution < 1.29 is 33.4 Å². The molecule has 4 rings (SSSR count). The van der Waals surface area contributed by atoms with E-state index in [1.165, 1.54) is 12.2 Å². The molecule has 0 aromatic carbocycles. The van der Waals surface area contributed by atoms with Gasteiger partial charge in [0, 0.05) is 28.0 Å². The minimum absolute atomic E-state index is 0.102. The smallest absolute Gasteiger partial charge is 0.351 e. The molecule has 0 aromatic heterocycles. The molecule has 4 aliphatic carbocycles. The number of halogens is 1. The topological polar surface area (TPSA) is 89.9 Å². The fourth-order valence-corrected chi connectivity index (χ4v) is 8.53. The fraction of sp³-hybridized carbons (Fsp3) is 0.654. The molecule has 4 aliphatic rings. The zero-order chi connectivity index (χ0) is 25.3. The number of hydrogen-bond acceptors (Lipinski definition) is 6. The molecule has 0 aliphatic heterocycles. The lowest BCUT2D eigenvalue weighted by atomic mass is 9.45. The second-order valence-corrected chi connectivity index (χ2v) is 11.7. The van der Waals surface area contributed by atoms with Gasteiger partial charge in [0.1, 0.15) is 6.17 Å². The first kappa shape index (κ1) is 25.2. The van der Waals surface area contributed by atoms with Gasteiger partial charge in [-0.1, -0.05) is 33.4 Å². The Kier molecular flexibility index (Phi) is 6.01. The molecule has 3 saturated carbocycles. The highest BCUT2D eigenvalue weighted by Crippen LogP contribution is 2.72. The molecule has 0 amide bonds. The molecule has 1 N–H and O–H groups in total. The van der Waals surface area contributed by atoms with Gasteiger partial charge in [-0.05, 0) is 55.7 Å². The fourth-order valence-electron chi connectivity index (χ4n) is 7.79. The molecule has 3 fully saturated rings. The third-order valence-electron chi connectivity index (χ3n) is 9.42. The molecule has 0 spiro atoms. The van der Waals surface area contributed by atoms with Gasteiger partial charge in [-0.2, -0.15) is 0 Å². The van der Waals surface area contributed by atoms with Crippen LogP contribution in [0.1, 0.15) is 47.0 Å². The second-order valence-electron chi connectivity index (χ2n) is 10.7. The van der Waals surface area contributed by atoms with E-state index in [1.54, 1.807) is 13.0 Å². The van der Waals surface area contributed by atoms with Crippen LogP contribution in [0.3, 0.4) is 0 Å². The molecule has 0 heterocycles. The van der Waals surface area contributed by atoms with Gasteiger partial charge in [-0.15, -0.1) is 9.24 Å². The quantitative estimate of drug-likeness (QED) is 0.367. The monoisotopic (exact) mass is 492 g/mol.